The lowest BCUT2D eigenvalue weighted by atomic mass is 10.1. The molecule has 33 heavy (non-hydrogen) atoms. The van der Waals surface area contributed by atoms with Crippen LogP contribution in [0, 0.1) is 0 Å². The molecule has 4 rings (SSSR count). The highest BCUT2D eigenvalue weighted by molar-refractivity contribution is 6.30. The number of esters is 2. The second-order valence-electron chi connectivity index (χ2n) is 7.30. The van der Waals surface area contributed by atoms with Gasteiger partial charge in [0.2, 0.25) is 0 Å². The fraction of sp³-hybridized carbons (Fsp3) is 0.160. The van der Waals surface area contributed by atoms with Crippen molar-refractivity contribution in [3.63, 3.8) is 0 Å². The van der Waals surface area contributed by atoms with Crippen molar-refractivity contribution in [2.24, 2.45) is 0 Å². The van der Waals surface area contributed by atoms with Gasteiger partial charge in [-0.15, -0.1) is 0 Å². The number of anilines is 1. The van der Waals surface area contributed by atoms with Gasteiger partial charge in [-0.05, 0) is 54.5 Å². The number of imidazole rings is 1. The first-order valence-corrected chi connectivity index (χ1v) is 10.6. The number of allylic oxidation sites excluding steroid dienone is 2. The normalized spacial score (nSPS) is 13.4. The molecule has 0 aliphatic carbocycles. The number of hydrogen-bond acceptors (Lipinski definition) is 6. The van der Waals surface area contributed by atoms with Gasteiger partial charge in [0.15, 0.2) is 0 Å². The molecule has 1 aromatic heterocycles. The van der Waals surface area contributed by atoms with Gasteiger partial charge in [0, 0.05) is 23.5 Å². The first kappa shape index (κ1) is 22.4. The van der Waals surface area contributed by atoms with Crippen LogP contribution in [0.2, 0.25) is 5.02 Å². The van der Waals surface area contributed by atoms with Crippen LogP contribution >= 0.6 is 11.6 Å². The molecule has 2 heterocycles. The Morgan fingerprint density at radius 2 is 1.76 bits per heavy atom. The number of hydrogen-bond donors (Lipinski definition) is 0. The van der Waals surface area contributed by atoms with Gasteiger partial charge >= 0.3 is 11.9 Å². The molecule has 8 heteroatoms. The van der Waals surface area contributed by atoms with Crippen LogP contribution in [0.1, 0.15) is 5.56 Å². The lowest BCUT2D eigenvalue weighted by Gasteiger charge is -2.23. The summed E-state index contributed by atoms with van der Waals surface area (Å²) in [6, 6.07) is 13.5. The van der Waals surface area contributed by atoms with E-state index in [1.165, 1.54) is 25.9 Å². The molecule has 0 unspecified atom stereocenters. The number of fused-ring (bicyclic) bond motifs is 1. The van der Waals surface area contributed by atoms with E-state index in [4.69, 9.17) is 21.1 Å². The Labute approximate surface area is 196 Å². The molecule has 0 bridgehead atoms. The summed E-state index contributed by atoms with van der Waals surface area (Å²) in [5.41, 5.74) is 3.73. The van der Waals surface area contributed by atoms with Crippen molar-refractivity contribution in [3.05, 3.63) is 95.1 Å². The van der Waals surface area contributed by atoms with Crippen LogP contribution in [0.4, 0.5) is 5.69 Å². The van der Waals surface area contributed by atoms with Crippen molar-refractivity contribution in [2.45, 2.75) is 13.0 Å². The standard InChI is InChI=1S/C25H22ClN3O4/c1-32-24(30)20-5-3-4-13-29(23(20)25(31)33-2)19-10-11-22-21(15-19)27-16-28(22)14-12-17-6-8-18(26)9-7-17/h3-11,13,15-16H,12,14H2,1-2H3. The molecule has 0 atom stereocenters. The summed E-state index contributed by atoms with van der Waals surface area (Å²) in [6.07, 6.45) is 9.24. The van der Waals surface area contributed by atoms with E-state index in [2.05, 4.69) is 9.55 Å². The smallest absolute Gasteiger partial charge is 0.355 e. The highest BCUT2D eigenvalue weighted by atomic mass is 35.5. The lowest BCUT2D eigenvalue weighted by Crippen LogP contribution is -2.26. The molecule has 7 nitrogen and oxygen atoms in total. The second-order valence-corrected chi connectivity index (χ2v) is 7.74. The van der Waals surface area contributed by atoms with E-state index in [0.717, 1.165) is 24.0 Å². The number of aryl methyl sites for hydroxylation is 2. The van der Waals surface area contributed by atoms with Gasteiger partial charge in [-0.2, -0.15) is 0 Å². The fourth-order valence-electron chi connectivity index (χ4n) is 3.65. The maximum absolute atomic E-state index is 12.6. The number of aromatic nitrogens is 2. The highest BCUT2D eigenvalue weighted by Gasteiger charge is 2.27. The van der Waals surface area contributed by atoms with Crippen LogP contribution < -0.4 is 4.90 Å². The summed E-state index contributed by atoms with van der Waals surface area (Å²) in [5.74, 6) is -1.28. The number of nitrogens with zero attached hydrogens (tertiary/aromatic N) is 3. The monoisotopic (exact) mass is 463 g/mol. The number of benzene rings is 2. The van der Waals surface area contributed by atoms with Crippen molar-refractivity contribution < 1.29 is 19.1 Å². The summed E-state index contributed by atoms with van der Waals surface area (Å²) >= 11 is 5.97. The first-order valence-electron chi connectivity index (χ1n) is 10.3. The van der Waals surface area contributed by atoms with Gasteiger partial charge in [-0.3, -0.25) is 0 Å². The van der Waals surface area contributed by atoms with Crippen LogP contribution in [0.5, 0.6) is 0 Å². The predicted molar refractivity (Wildman–Crippen MR) is 127 cm³/mol. The molecule has 0 saturated heterocycles. The number of carbonyl (C=O) groups excluding carboxylic acids is 2. The third-order valence-electron chi connectivity index (χ3n) is 5.33. The first-order chi connectivity index (χ1) is 16.0. The van der Waals surface area contributed by atoms with E-state index in [0.29, 0.717) is 10.7 Å². The minimum absolute atomic E-state index is 0.0656. The molecule has 0 radical (unpaired) electrons. The third-order valence-corrected chi connectivity index (χ3v) is 5.58. The Kier molecular flexibility index (Phi) is 6.60. The van der Waals surface area contributed by atoms with Crippen LogP contribution in [-0.4, -0.2) is 35.7 Å². The number of carbonyl (C=O) groups is 2. The Hall–Kier alpha value is -3.84. The lowest BCUT2D eigenvalue weighted by molar-refractivity contribution is -0.139. The number of methoxy groups -OCH3 is 2. The van der Waals surface area contributed by atoms with Gasteiger partial charge in [0.25, 0.3) is 0 Å². The molecular formula is C25H22ClN3O4. The highest BCUT2D eigenvalue weighted by Crippen LogP contribution is 2.29. The molecule has 1 aliphatic rings. The predicted octanol–water partition coefficient (Wildman–Crippen LogP) is 4.42. The van der Waals surface area contributed by atoms with Crippen LogP contribution in [0.3, 0.4) is 0 Å². The van der Waals surface area contributed by atoms with Crippen LogP contribution in [0.15, 0.2) is 84.5 Å². The molecule has 0 N–H and O–H groups in total. The van der Waals surface area contributed by atoms with Gasteiger partial charge < -0.3 is 18.9 Å². The number of ether oxygens (including phenoxy) is 2. The van der Waals surface area contributed by atoms with Crippen LogP contribution in [0.25, 0.3) is 11.0 Å². The topological polar surface area (TPSA) is 73.7 Å². The largest absolute Gasteiger partial charge is 0.465 e. The van der Waals surface area contributed by atoms with Crippen molar-refractivity contribution in [1.82, 2.24) is 9.55 Å². The van der Waals surface area contributed by atoms with Gasteiger partial charge in [-0.25, -0.2) is 14.6 Å². The summed E-state index contributed by atoms with van der Waals surface area (Å²) < 4.78 is 11.9. The van der Waals surface area contributed by atoms with Gasteiger partial charge in [0.05, 0.1) is 37.2 Å². The Balaban J connectivity index is 1.67. The average Bonchev–Trinajstić information content (AvgIpc) is 3.11. The Bertz CT molecular complexity index is 1290. The van der Waals surface area contributed by atoms with E-state index in [1.54, 1.807) is 29.6 Å². The van der Waals surface area contributed by atoms with E-state index in [1.807, 2.05) is 42.5 Å². The maximum Gasteiger partial charge on any atom is 0.355 e. The molecule has 1 aliphatic heterocycles. The summed E-state index contributed by atoms with van der Waals surface area (Å²) in [5, 5.41) is 0.716. The molecule has 0 spiro atoms. The fourth-order valence-corrected chi connectivity index (χ4v) is 3.77. The molecule has 0 fully saturated rings. The molecular weight excluding hydrogens is 442 g/mol. The van der Waals surface area contributed by atoms with Crippen molar-refractivity contribution >= 4 is 40.3 Å². The zero-order chi connectivity index (χ0) is 23.4. The van der Waals surface area contributed by atoms with E-state index in [-0.39, 0.29) is 11.3 Å². The van der Waals surface area contributed by atoms with Crippen molar-refractivity contribution in [2.75, 3.05) is 19.1 Å². The van der Waals surface area contributed by atoms with Gasteiger partial charge in [-0.1, -0.05) is 29.8 Å². The van der Waals surface area contributed by atoms with Crippen molar-refractivity contribution in [1.29, 1.82) is 0 Å². The SMILES string of the molecule is COC(=O)C1=C(C(=O)OC)N(c2ccc3c(c2)ncn3CCc2ccc(Cl)cc2)C=CC=C1. The molecule has 168 valence electrons. The van der Waals surface area contributed by atoms with Gasteiger partial charge in [0.1, 0.15) is 5.70 Å². The molecule has 3 aromatic rings. The second kappa shape index (κ2) is 9.75. The minimum Gasteiger partial charge on any atom is -0.465 e. The number of rotatable bonds is 6. The van der Waals surface area contributed by atoms with E-state index >= 15 is 0 Å². The van der Waals surface area contributed by atoms with E-state index < -0.39 is 11.9 Å². The maximum atomic E-state index is 12.6. The average molecular weight is 464 g/mol. The Morgan fingerprint density at radius 1 is 1.00 bits per heavy atom. The van der Waals surface area contributed by atoms with Crippen molar-refractivity contribution in [3.8, 4) is 0 Å². The zero-order valence-corrected chi connectivity index (χ0v) is 19.0. The molecule has 2 aromatic carbocycles. The third kappa shape index (κ3) is 4.68. The van der Waals surface area contributed by atoms with Crippen LogP contribution in [-0.2, 0) is 32.0 Å². The summed E-state index contributed by atoms with van der Waals surface area (Å²) in [7, 11) is 2.54. The van der Waals surface area contributed by atoms with E-state index in [9.17, 15) is 9.59 Å². The zero-order valence-electron chi connectivity index (χ0n) is 18.2. The Morgan fingerprint density at radius 3 is 2.48 bits per heavy atom. The quantitative estimate of drug-likeness (QED) is 0.504. The molecule has 0 amide bonds. The minimum atomic E-state index is -0.653. The summed E-state index contributed by atoms with van der Waals surface area (Å²) in [6.45, 7) is 0.755. The number of halogens is 1. The summed E-state index contributed by atoms with van der Waals surface area (Å²) in [4.78, 5) is 31.1. The molecule has 0 saturated carbocycles.